The van der Waals surface area contributed by atoms with Crippen LogP contribution in [0.4, 0.5) is 5.82 Å². The largest absolute Gasteiger partial charge is 0.386 e. The molecule has 0 aliphatic heterocycles. The van der Waals surface area contributed by atoms with E-state index in [1.54, 1.807) is 24.5 Å². The van der Waals surface area contributed by atoms with Crippen LogP contribution in [-0.2, 0) is 4.79 Å². The van der Waals surface area contributed by atoms with Gasteiger partial charge >= 0.3 is 0 Å². The lowest BCUT2D eigenvalue weighted by molar-refractivity contribution is -0.116. The number of amides is 1. The number of aryl methyl sites for hydroxylation is 1. The van der Waals surface area contributed by atoms with Crippen LogP contribution in [0.25, 0.3) is 10.1 Å². The van der Waals surface area contributed by atoms with Crippen LogP contribution >= 0.6 is 35.3 Å². The number of aliphatic hydroxyl groups is 1. The Labute approximate surface area is 197 Å². The molecule has 160 valence electrons. The summed E-state index contributed by atoms with van der Waals surface area (Å²) in [5.74, 6) is 0.951. The van der Waals surface area contributed by atoms with Crippen molar-refractivity contribution in [3.63, 3.8) is 0 Å². The molecular weight excluding hydrogens is 513 g/mol. The van der Waals surface area contributed by atoms with E-state index < -0.39 is 6.10 Å². The quantitative estimate of drug-likeness (QED) is 0.210. The first-order chi connectivity index (χ1) is 14.0. The summed E-state index contributed by atoms with van der Waals surface area (Å²) in [4.78, 5) is 21.3. The van der Waals surface area contributed by atoms with E-state index in [1.807, 2.05) is 49.4 Å². The van der Waals surface area contributed by atoms with Crippen LogP contribution in [0.1, 0.15) is 23.1 Å². The number of aliphatic imine (C=N–C) groups is 1. The van der Waals surface area contributed by atoms with Gasteiger partial charge < -0.3 is 21.1 Å². The van der Waals surface area contributed by atoms with Gasteiger partial charge in [-0.15, -0.1) is 35.3 Å². The lowest BCUT2D eigenvalue weighted by Gasteiger charge is -2.14. The Morgan fingerprint density at radius 3 is 2.73 bits per heavy atom. The minimum atomic E-state index is -0.637. The fourth-order valence-electron chi connectivity index (χ4n) is 2.79. The molecule has 1 amide bonds. The highest BCUT2D eigenvalue weighted by Gasteiger charge is 2.12. The summed E-state index contributed by atoms with van der Waals surface area (Å²) < 4.78 is 1.15. The zero-order chi connectivity index (χ0) is 20.6. The number of carbonyl (C=O) groups is 1. The average Bonchev–Trinajstić information content (AvgIpc) is 3.14. The number of fused-ring (bicyclic) bond motifs is 1. The van der Waals surface area contributed by atoms with E-state index >= 15 is 0 Å². The topological polar surface area (TPSA) is 98.6 Å². The second-order valence-corrected chi connectivity index (χ2v) is 7.66. The zero-order valence-electron chi connectivity index (χ0n) is 16.9. The number of aliphatic hydroxyl groups excluding tert-OH is 1. The smallest absolute Gasteiger partial charge is 0.227 e. The van der Waals surface area contributed by atoms with Gasteiger partial charge in [-0.05, 0) is 36.6 Å². The second-order valence-electron chi connectivity index (χ2n) is 6.54. The third-order valence-electron chi connectivity index (χ3n) is 4.26. The Morgan fingerprint density at radius 2 is 2.00 bits per heavy atom. The van der Waals surface area contributed by atoms with Crippen molar-refractivity contribution >= 4 is 63.1 Å². The number of halogens is 1. The molecule has 2 heterocycles. The Bertz CT molecular complexity index is 975. The number of hydrogen-bond acceptors (Lipinski definition) is 5. The zero-order valence-corrected chi connectivity index (χ0v) is 20.0. The summed E-state index contributed by atoms with van der Waals surface area (Å²) in [6.07, 6.45) is -0.364. The van der Waals surface area contributed by atoms with Crippen LogP contribution in [-0.4, -0.2) is 42.1 Å². The summed E-state index contributed by atoms with van der Waals surface area (Å²) >= 11 is 1.58. The number of anilines is 1. The fourth-order valence-corrected chi connectivity index (χ4v) is 3.84. The SMILES string of the molecule is CN=C(NCCC(=O)Nc1cccc(C)n1)NCC(O)c1cc2ccccc2s1.I. The number of guanidine groups is 1. The number of nitrogens with one attached hydrogen (secondary N) is 3. The monoisotopic (exact) mass is 539 g/mol. The number of thiophene rings is 1. The molecule has 1 aromatic carbocycles. The van der Waals surface area contributed by atoms with Gasteiger partial charge in [-0.3, -0.25) is 9.79 Å². The van der Waals surface area contributed by atoms with Gasteiger partial charge in [0.25, 0.3) is 0 Å². The highest BCUT2D eigenvalue weighted by molar-refractivity contribution is 14.0. The summed E-state index contributed by atoms with van der Waals surface area (Å²) in [6.45, 7) is 2.61. The van der Waals surface area contributed by atoms with Crippen molar-refractivity contribution in [2.24, 2.45) is 4.99 Å². The van der Waals surface area contributed by atoms with Crippen molar-refractivity contribution in [3.05, 3.63) is 59.1 Å². The third-order valence-corrected chi connectivity index (χ3v) is 5.48. The molecule has 2 aromatic heterocycles. The van der Waals surface area contributed by atoms with Crippen molar-refractivity contribution < 1.29 is 9.90 Å². The Hall–Kier alpha value is -2.24. The van der Waals surface area contributed by atoms with Crippen molar-refractivity contribution in [1.82, 2.24) is 15.6 Å². The van der Waals surface area contributed by atoms with Crippen LogP contribution in [0.15, 0.2) is 53.5 Å². The van der Waals surface area contributed by atoms with Gasteiger partial charge in [0.05, 0.1) is 0 Å². The molecule has 9 heteroatoms. The average molecular weight is 539 g/mol. The number of nitrogens with zero attached hydrogens (tertiary/aromatic N) is 2. The Balaban J connectivity index is 0.00000320. The minimum absolute atomic E-state index is 0. The molecule has 0 spiro atoms. The fraction of sp³-hybridized carbons (Fsp3) is 0.286. The first kappa shape index (κ1) is 24.0. The molecule has 0 aliphatic rings. The first-order valence-electron chi connectivity index (χ1n) is 9.39. The van der Waals surface area contributed by atoms with Crippen LogP contribution < -0.4 is 16.0 Å². The summed E-state index contributed by atoms with van der Waals surface area (Å²) in [7, 11) is 1.65. The number of carbonyl (C=O) groups excluding carboxylic acids is 1. The highest BCUT2D eigenvalue weighted by atomic mass is 127. The number of hydrogen-bond donors (Lipinski definition) is 4. The van der Waals surface area contributed by atoms with E-state index in [4.69, 9.17) is 0 Å². The molecule has 0 saturated carbocycles. The number of rotatable bonds is 7. The van der Waals surface area contributed by atoms with E-state index in [2.05, 4.69) is 25.9 Å². The lowest BCUT2D eigenvalue weighted by atomic mass is 10.2. The van der Waals surface area contributed by atoms with Crippen LogP contribution in [0.5, 0.6) is 0 Å². The van der Waals surface area contributed by atoms with E-state index in [1.165, 1.54) is 0 Å². The summed E-state index contributed by atoms with van der Waals surface area (Å²) in [6, 6.07) is 15.5. The van der Waals surface area contributed by atoms with E-state index in [0.717, 1.165) is 20.7 Å². The predicted octanol–water partition coefficient (Wildman–Crippen LogP) is 3.45. The predicted molar refractivity (Wildman–Crippen MR) is 134 cm³/mol. The maximum atomic E-state index is 12.0. The standard InChI is InChI=1S/C21H25N5O2S.HI/c1-14-6-5-9-19(25-14)26-20(28)10-11-23-21(22-2)24-13-16(27)18-12-15-7-3-4-8-17(15)29-18;/h3-9,12,16,27H,10-11,13H2,1-2H3,(H2,22,23,24)(H,25,26,28);1H. The maximum Gasteiger partial charge on any atom is 0.227 e. The van der Waals surface area contributed by atoms with Gasteiger partial charge in [0.1, 0.15) is 11.9 Å². The summed E-state index contributed by atoms with van der Waals surface area (Å²) in [5, 5.41) is 20.5. The number of benzene rings is 1. The molecule has 0 fully saturated rings. The van der Waals surface area contributed by atoms with Gasteiger partial charge in [-0.1, -0.05) is 24.3 Å². The normalized spacial score (nSPS) is 12.2. The van der Waals surface area contributed by atoms with E-state index in [0.29, 0.717) is 24.9 Å². The van der Waals surface area contributed by atoms with Crippen molar-refractivity contribution in [2.75, 3.05) is 25.5 Å². The van der Waals surface area contributed by atoms with Crippen molar-refractivity contribution in [1.29, 1.82) is 0 Å². The van der Waals surface area contributed by atoms with Gasteiger partial charge in [0.15, 0.2) is 5.96 Å². The maximum absolute atomic E-state index is 12.0. The molecule has 3 rings (SSSR count). The molecule has 1 unspecified atom stereocenters. The van der Waals surface area contributed by atoms with Crippen molar-refractivity contribution in [3.8, 4) is 0 Å². The summed E-state index contributed by atoms with van der Waals surface area (Å²) in [5.41, 5.74) is 0.850. The van der Waals surface area contributed by atoms with Gasteiger partial charge in [0.2, 0.25) is 5.91 Å². The van der Waals surface area contributed by atoms with Crippen LogP contribution in [0, 0.1) is 6.92 Å². The molecule has 30 heavy (non-hydrogen) atoms. The van der Waals surface area contributed by atoms with Crippen molar-refractivity contribution in [2.45, 2.75) is 19.4 Å². The lowest BCUT2D eigenvalue weighted by Crippen LogP contribution is -2.40. The molecule has 4 N–H and O–H groups in total. The van der Waals surface area contributed by atoms with E-state index in [-0.39, 0.29) is 36.3 Å². The van der Waals surface area contributed by atoms with Gasteiger partial charge in [-0.2, -0.15) is 0 Å². The first-order valence-corrected chi connectivity index (χ1v) is 10.2. The molecule has 1 atom stereocenters. The van der Waals surface area contributed by atoms with Gasteiger partial charge in [-0.25, -0.2) is 4.98 Å². The molecule has 0 saturated heterocycles. The minimum Gasteiger partial charge on any atom is -0.386 e. The van der Waals surface area contributed by atoms with E-state index in [9.17, 15) is 9.90 Å². The molecule has 0 bridgehead atoms. The van der Waals surface area contributed by atoms with Crippen LogP contribution in [0.2, 0.25) is 0 Å². The molecule has 3 aromatic rings. The highest BCUT2D eigenvalue weighted by Crippen LogP contribution is 2.29. The molecular formula is C21H26IN5O2S. The van der Waals surface area contributed by atoms with Gasteiger partial charge in [0, 0.05) is 41.8 Å². The molecule has 0 aliphatic carbocycles. The third kappa shape index (κ3) is 6.92. The molecule has 0 radical (unpaired) electrons. The second kappa shape index (κ2) is 11.8. The van der Waals surface area contributed by atoms with Crippen LogP contribution in [0.3, 0.4) is 0 Å². The number of aromatic nitrogens is 1. The Morgan fingerprint density at radius 1 is 1.20 bits per heavy atom. The molecule has 7 nitrogen and oxygen atoms in total. The number of pyridine rings is 1. The Kier molecular flexibility index (Phi) is 9.47.